The molecule has 0 aliphatic heterocycles. The molecule has 0 saturated heterocycles. The summed E-state index contributed by atoms with van der Waals surface area (Å²) in [5.41, 5.74) is 0. The lowest BCUT2D eigenvalue weighted by Gasteiger charge is -2.18. The van der Waals surface area contributed by atoms with Gasteiger partial charge in [0.15, 0.2) is 0 Å². The van der Waals surface area contributed by atoms with E-state index in [9.17, 15) is 0 Å². The van der Waals surface area contributed by atoms with Crippen molar-refractivity contribution in [3.63, 3.8) is 0 Å². The maximum Gasteiger partial charge on any atom is -0.0443 e. The van der Waals surface area contributed by atoms with E-state index in [0.29, 0.717) is 0 Å². The van der Waals surface area contributed by atoms with Gasteiger partial charge in [0.25, 0.3) is 0 Å². The minimum Gasteiger partial charge on any atom is -0.0651 e. The monoisotopic (exact) mass is 422 g/mol. The van der Waals surface area contributed by atoms with Crippen LogP contribution in [0, 0.1) is 35.5 Å². The minimum absolute atomic E-state index is 0.928. The Hall–Kier alpha value is 0. The third-order valence-corrected chi connectivity index (χ3v) is 8.12. The molecule has 6 unspecified atom stereocenters. The molecule has 0 radical (unpaired) electrons. The van der Waals surface area contributed by atoms with E-state index in [4.69, 9.17) is 0 Å². The van der Waals surface area contributed by atoms with Crippen molar-refractivity contribution in [3.8, 4) is 0 Å². The largest absolute Gasteiger partial charge is 0.0651 e. The van der Waals surface area contributed by atoms with Crippen LogP contribution in [0.5, 0.6) is 0 Å². The molecule has 0 aromatic carbocycles. The third-order valence-electron chi connectivity index (χ3n) is 8.12. The molecule has 0 spiro atoms. The first-order chi connectivity index (χ1) is 14.3. The lowest BCUT2D eigenvalue weighted by atomic mass is 9.88. The second-order valence-electron chi connectivity index (χ2n) is 11.7. The maximum absolute atomic E-state index is 2.50. The normalized spacial score (nSPS) is 18.0. The van der Waals surface area contributed by atoms with Crippen LogP contribution in [0.25, 0.3) is 0 Å². The molecule has 0 aliphatic carbocycles. The Morgan fingerprint density at radius 1 is 0.300 bits per heavy atom. The topological polar surface area (TPSA) is 0 Å². The Balaban J connectivity index is 3.63. The molecule has 182 valence electrons. The molecular formula is C30H62. The molecule has 0 amide bonds. The highest BCUT2D eigenvalue weighted by molar-refractivity contribution is 4.63. The van der Waals surface area contributed by atoms with Gasteiger partial charge in [0, 0.05) is 0 Å². The molecule has 0 heterocycles. The van der Waals surface area contributed by atoms with Crippen LogP contribution in [-0.2, 0) is 0 Å². The standard InChI is InChI=1S/C30H62/c1-9-25(3)15-11-17-27(5)19-13-21-29(7)23-24-30(8)22-14-20-28(6)18-12-16-26(4)10-2/h25-30H,9-24H2,1-8H3. The Morgan fingerprint density at radius 3 is 0.733 bits per heavy atom. The Morgan fingerprint density at radius 2 is 0.500 bits per heavy atom. The summed E-state index contributed by atoms with van der Waals surface area (Å²) in [4.78, 5) is 0. The van der Waals surface area contributed by atoms with Crippen LogP contribution >= 0.6 is 0 Å². The Kier molecular flexibility index (Phi) is 19.7. The van der Waals surface area contributed by atoms with E-state index in [1.165, 1.54) is 103 Å². The fourth-order valence-electron chi connectivity index (χ4n) is 4.81. The molecule has 0 N–H and O–H groups in total. The minimum atomic E-state index is 0.928. The van der Waals surface area contributed by atoms with E-state index in [1.807, 2.05) is 0 Å². The summed E-state index contributed by atoms with van der Waals surface area (Å²) in [5.74, 6) is 5.59. The van der Waals surface area contributed by atoms with Gasteiger partial charge >= 0.3 is 0 Å². The van der Waals surface area contributed by atoms with Crippen LogP contribution in [0.15, 0.2) is 0 Å². The van der Waals surface area contributed by atoms with Crippen LogP contribution < -0.4 is 0 Å². The summed E-state index contributed by atoms with van der Waals surface area (Å²) in [6.07, 6.45) is 23.0. The summed E-state index contributed by atoms with van der Waals surface area (Å²) in [5, 5.41) is 0. The van der Waals surface area contributed by atoms with Gasteiger partial charge in [0.1, 0.15) is 0 Å². The molecule has 0 nitrogen and oxygen atoms in total. The maximum atomic E-state index is 2.50. The van der Waals surface area contributed by atoms with E-state index in [-0.39, 0.29) is 0 Å². The summed E-state index contributed by atoms with van der Waals surface area (Å²) >= 11 is 0. The Labute approximate surface area is 193 Å². The molecule has 0 aromatic heterocycles. The van der Waals surface area contributed by atoms with Crippen LogP contribution in [-0.4, -0.2) is 0 Å². The van der Waals surface area contributed by atoms with Crippen LogP contribution in [0.4, 0.5) is 0 Å². The highest BCUT2D eigenvalue weighted by Gasteiger charge is 2.10. The van der Waals surface area contributed by atoms with Crippen molar-refractivity contribution in [1.29, 1.82) is 0 Å². The van der Waals surface area contributed by atoms with Gasteiger partial charge in [-0.15, -0.1) is 0 Å². The fraction of sp³-hybridized carbons (Fsp3) is 1.00. The van der Waals surface area contributed by atoms with Crippen molar-refractivity contribution in [2.75, 3.05) is 0 Å². The van der Waals surface area contributed by atoms with E-state index < -0.39 is 0 Å². The molecule has 0 aliphatic rings. The molecule has 0 bridgehead atoms. The van der Waals surface area contributed by atoms with E-state index >= 15 is 0 Å². The second-order valence-corrected chi connectivity index (χ2v) is 11.7. The smallest absolute Gasteiger partial charge is 0.0443 e. The van der Waals surface area contributed by atoms with Crippen molar-refractivity contribution < 1.29 is 0 Å². The van der Waals surface area contributed by atoms with Crippen LogP contribution in [0.2, 0.25) is 0 Å². The molecule has 0 rings (SSSR count). The first kappa shape index (κ1) is 30.0. The molecule has 6 atom stereocenters. The molecular weight excluding hydrogens is 360 g/mol. The van der Waals surface area contributed by atoms with E-state index in [0.717, 1.165) is 35.5 Å². The van der Waals surface area contributed by atoms with Crippen molar-refractivity contribution in [1.82, 2.24) is 0 Å². The van der Waals surface area contributed by atoms with Gasteiger partial charge in [-0.1, -0.05) is 158 Å². The summed E-state index contributed by atoms with van der Waals surface area (Å²) in [6, 6.07) is 0. The predicted octanol–water partition coefficient (Wildman–Crippen LogP) is 11.1. The quantitative estimate of drug-likeness (QED) is 0.172. The van der Waals surface area contributed by atoms with Crippen LogP contribution in [0.3, 0.4) is 0 Å². The zero-order valence-corrected chi connectivity index (χ0v) is 22.8. The van der Waals surface area contributed by atoms with Gasteiger partial charge < -0.3 is 0 Å². The lowest BCUT2D eigenvalue weighted by Crippen LogP contribution is -2.04. The zero-order valence-electron chi connectivity index (χ0n) is 22.8. The zero-order chi connectivity index (χ0) is 22.8. The highest BCUT2D eigenvalue weighted by Crippen LogP contribution is 2.25. The van der Waals surface area contributed by atoms with Crippen molar-refractivity contribution in [2.45, 2.75) is 158 Å². The van der Waals surface area contributed by atoms with Gasteiger partial charge in [-0.25, -0.2) is 0 Å². The van der Waals surface area contributed by atoms with Crippen molar-refractivity contribution in [2.24, 2.45) is 35.5 Å². The van der Waals surface area contributed by atoms with Crippen LogP contribution in [0.1, 0.15) is 158 Å². The van der Waals surface area contributed by atoms with Gasteiger partial charge in [-0.3, -0.25) is 0 Å². The highest BCUT2D eigenvalue weighted by atomic mass is 14.2. The van der Waals surface area contributed by atoms with Gasteiger partial charge in [-0.05, 0) is 35.5 Å². The molecule has 0 saturated carbocycles. The first-order valence-electron chi connectivity index (χ1n) is 14.3. The third kappa shape index (κ3) is 18.7. The first-order valence-corrected chi connectivity index (χ1v) is 14.3. The summed E-state index contributed by atoms with van der Waals surface area (Å²) in [6.45, 7) is 19.4. The Bertz CT molecular complexity index is 312. The molecule has 0 fully saturated rings. The number of hydrogen-bond acceptors (Lipinski definition) is 0. The average molecular weight is 423 g/mol. The fourth-order valence-corrected chi connectivity index (χ4v) is 4.81. The molecule has 0 heteroatoms. The number of hydrogen-bond donors (Lipinski definition) is 0. The number of rotatable bonds is 21. The lowest BCUT2D eigenvalue weighted by molar-refractivity contribution is 0.349. The second kappa shape index (κ2) is 19.7. The van der Waals surface area contributed by atoms with Crippen molar-refractivity contribution in [3.05, 3.63) is 0 Å². The molecule has 30 heavy (non-hydrogen) atoms. The van der Waals surface area contributed by atoms with E-state index in [2.05, 4.69) is 55.4 Å². The van der Waals surface area contributed by atoms with Gasteiger partial charge in [0.2, 0.25) is 0 Å². The summed E-state index contributed by atoms with van der Waals surface area (Å²) in [7, 11) is 0. The summed E-state index contributed by atoms with van der Waals surface area (Å²) < 4.78 is 0. The van der Waals surface area contributed by atoms with Crippen molar-refractivity contribution >= 4 is 0 Å². The average Bonchev–Trinajstić information content (AvgIpc) is 2.71. The predicted molar refractivity (Wildman–Crippen MR) is 140 cm³/mol. The molecule has 0 aromatic rings. The van der Waals surface area contributed by atoms with E-state index in [1.54, 1.807) is 0 Å². The SMILES string of the molecule is CCC(C)CCCC(C)CCCC(C)CCC(C)CCCC(C)CCCC(C)CC. The van der Waals surface area contributed by atoms with Gasteiger partial charge in [-0.2, -0.15) is 0 Å². The van der Waals surface area contributed by atoms with Gasteiger partial charge in [0.05, 0.1) is 0 Å².